The Hall–Kier alpha value is -1.64. The van der Waals surface area contributed by atoms with Crippen molar-refractivity contribution in [3.8, 4) is 0 Å². The molecule has 0 spiro atoms. The smallest absolute Gasteiger partial charge is 0.255 e. The van der Waals surface area contributed by atoms with Gasteiger partial charge in [-0.25, -0.2) is 0 Å². The highest BCUT2D eigenvalue weighted by Gasteiger charge is 2.50. The number of carbonyl (C=O) groups is 2. The van der Waals surface area contributed by atoms with Gasteiger partial charge in [0.15, 0.2) is 0 Å². The van der Waals surface area contributed by atoms with Crippen LogP contribution in [0.15, 0.2) is 30.3 Å². The Morgan fingerprint density at radius 3 is 2.38 bits per heavy atom. The van der Waals surface area contributed by atoms with Crippen molar-refractivity contribution in [3.63, 3.8) is 0 Å². The van der Waals surface area contributed by atoms with E-state index in [2.05, 4.69) is 5.32 Å². The number of hydrogen-bond donors (Lipinski definition) is 0. The minimum absolute atomic E-state index is 0.283. The first-order valence-corrected chi connectivity index (χ1v) is 5.38. The first-order valence-electron chi connectivity index (χ1n) is 5.38. The van der Waals surface area contributed by atoms with E-state index in [-0.39, 0.29) is 17.7 Å². The van der Waals surface area contributed by atoms with E-state index in [1.165, 1.54) is 0 Å². The molecule has 1 saturated heterocycles. The normalized spacial score (nSPS) is 29.2. The molecule has 3 heteroatoms. The van der Waals surface area contributed by atoms with Crippen molar-refractivity contribution in [2.75, 3.05) is 0 Å². The molecule has 1 aliphatic rings. The fraction of sp³-hybridized carbons (Fsp3) is 0.385. The molecular weight excluding hydrogens is 202 g/mol. The van der Waals surface area contributed by atoms with Crippen LogP contribution in [0.5, 0.6) is 0 Å². The first-order chi connectivity index (χ1) is 7.54. The lowest BCUT2D eigenvalue weighted by atomic mass is 9.75. The van der Waals surface area contributed by atoms with E-state index in [4.69, 9.17) is 0 Å². The van der Waals surface area contributed by atoms with Crippen molar-refractivity contribution in [2.24, 2.45) is 11.3 Å². The highest BCUT2D eigenvalue weighted by atomic mass is 16.2. The molecule has 83 valence electrons. The highest BCUT2D eigenvalue weighted by Crippen LogP contribution is 2.36. The number of hydrogen-bond acceptors (Lipinski definition) is 2. The lowest BCUT2D eigenvalue weighted by Gasteiger charge is -2.23. The predicted molar refractivity (Wildman–Crippen MR) is 59.6 cm³/mol. The van der Waals surface area contributed by atoms with Gasteiger partial charge in [0.2, 0.25) is 0 Å². The number of carbonyl (C=O) groups excluding carboxylic acids is 2. The molecular formula is C13H14NO2. The molecule has 0 aliphatic carbocycles. The Kier molecular flexibility index (Phi) is 2.54. The maximum Gasteiger partial charge on any atom is 0.255 e. The second-order valence-electron chi connectivity index (χ2n) is 4.56. The molecule has 1 fully saturated rings. The van der Waals surface area contributed by atoms with Crippen molar-refractivity contribution in [2.45, 2.75) is 20.3 Å². The number of benzene rings is 1. The van der Waals surface area contributed by atoms with Crippen LogP contribution in [0.4, 0.5) is 0 Å². The third-order valence-electron chi connectivity index (χ3n) is 3.44. The maximum atomic E-state index is 11.7. The molecule has 1 aliphatic heterocycles. The van der Waals surface area contributed by atoms with E-state index in [1.54, 1.807) is 6.92 Å². The third-order valence-corrected chi connectivity index (χ3v) is 3.44. The molecule has 0 bridgehead atoms. The standard InChI is InChI=1S/C13H14NO2/c1-9-11(15)14-12(16)13(9,2)8-10-6-4-3-5-7-10/h3-7,9H,8H2,1-2H3. The van der Waals surface area contributed by atoms with Gasteiger partial charge >= 0.3 is 0 Å². The summed E-state index contributed by atoms with van der Waals surface area (Å²) in [5.41, 5.74) is 0.397. The van der Waals surface area contributed by atoms with Gasteiger partial charge in [-0.1, -0.05) is 37.3 Å². The van der Waals surface area contributed by atoms with Crippen LogP contribution in [0.25, 0.3) is 0 Å². The molecule has 3 nitrogen and oxygen atoms in total. The van der Waals surface area contributed by atoms with Gasteiger partial charge in [0.05, 0.1) is 11.3 Å². The summed E-state index contributed by atoms with van der Waals surface area (Å²) in [6.07, 6.45) is 0.572. The Morgan fingerprint density at radius 2 is 1.88 bits per heavy atom. The summed E-state index contributed by atoms with van der Waals surface area (Å²) < 4.78 is 0. The van der Waals surface area contributed by atoms with E-state index in [9.17, 15) is 9.59 Å². The lowest BCUT2D eigenvalue weighted by Crippen LogP contribution is -2.32. The van der Waals surface area contributed by atoms with Gasteiger partial charge in [-0.15, -0.1) is 0 Å². The average Bonchev–Trinajstić information content (AvgIpc) is 2.45. The van der Waals surface area contributed by atoms with E-state index >= 15 is 0 Å². The van der Waals surface area contributed by atoms with Crippen LogP contribution in [0.3, 0.4) is 0 Å². The van der Waals surface area contributed by atoms with E-state index in [0.717, 1.165) is 5.56 Å². The molecule has 1 heterocycles. The van der Waals surface area contributed by atoms with Gasteiger partial charge in [0.1, 0.15) is 0 Å². The van der Waals surface area contributed by atoms with Crippen molar-refractivity contribution in [1.82, 2.24) is 5.32 Å². The van der Waals surface area contributed by atoms with Crippen molar-refractivity contribution in [3.05, 3.63) is 35.9 Å². The van der Waals surface area contributed by atoms with Crippen LogP contribution in [0.2, 0.25) is 0 Å². The molecule has 2 amide bonds. The van der Waals surface area contributed by atoms with Gasteiger partial charge < -0.3 is 0 Å². The molecule has 1 aromatic carbocycles. The monoisotopic (exact) mass is 216 g/mol. The van der Waals surface area contributed by atoms with Gasteiger partial charge in [-0.05, 0) is 18.9 Å². The van der Waals surface area contributed by atoms with Gasteiger partial charge in [0.25, 0.3) is 11.8 Å². The highest BCUT2D eigenvalue weighted by molar-refractivity contribution is 6.06. The topological polar surface area (TPSA) is 48.2 Å². The summed E-state index contributed by atoms with van der Waals surface area (Å²) in [6.45, 7) is 3.60. The zero-order valence-corrected chi connectivity index (χ0v) is 9.43. The molecule has 2 atom stereocenters. The van der Waals surface area contributed by atoms with Crippen LogP contribution in [-0.2, 0) is 16.0 Å². The van der Waals surface area contributed by atoms with Crippen LogP contribution >= 0.6 is 0 Å². The number of amides is 2. The second-order valence-corrected chi connectivity index (χ2v) is 4.56. The van der Waals surface area contributed by atoms with Crippen LogP contribution in [0, 0.1) is 11.3 Å². The molecule has 0 saturated carbocycles. The number of imide groups is 1. The van der Waals surface area contributed by atoms with Gasteiger partial charge in [0, 0.05) is 0 Å². The summed E-state index contributed by atoms with van der Waals surface area (Å²) >= 11 is 0. The Balaban J connectivity index is 2.26. The Morgan fingerprint density at radius 1 is 1.25 bits per heavy atom. The quantitative estimate of drug-likeness (QED) is 0.704. The molecule has 16 heavy (non-hydrogen) atoms. The molecule has 2 unspecified atom stereocenters. The van der Waals surface area contributed by atoms with Crippen LogP contribution < -0.4 is 5.32 Å². The second kappa shape index (κ2) is 3.74. The zero-order chi connectivity index (χ0) is 11.8. The average molecular weight is 216 g/mol. The summed E-state index contributed by atoms with van der Waals surface area (Å²) in [5, 5.41) is 3.54. The fourth-order valence-corrected chi connectivity index (χ4v) is 2.03. The molecule has 1 radical (unpaired) electrons. The first kappa shape index (κ1) is 10.9. The SMILES string of the molecule is CC1C(=O)[N]C(=O)C1(C)Cc1ccccc1. The van der Waals surface area contributed by atoms with Crippen molar-refractivity contribution >= 4 is 11.8 Å². The van der Waals surface area contributed by atoms with E-state index in [0.29, 0.717) is 6.42 Å². The minimum atomic E-state index is -0.668. The van der Waals surface area contributed by atoms with Gasteiger partial charge in [-0.3, -0.25) is 9.59 Å². The fourth-order valence-electron chi connectivity index (χ4n) is 2.03. The summed E-state index contributed by atoms with van der Waals surface area (Å²) in [5.74, 6) is -0.891. The summed E-state index contributed by atoms with van der Waals surface area (Å²) in [6, 6.07) is 9.73. The van der Waals surface area contributed by atoms with Crippen LogP contribution in [-0.4, -0.2) is 11.8 Å². The largest absolute Gasteiger partial charge is 0.272 e. The maximum absolute atomic E-state index is 11.7. The summed E-state index contributed by atoms with van der Waals surface area (Å²) in [7, 11) is 0. The Labute approximate surface area is 94.9 Å². The van der Waals surface area contributed by atoms with Crippen molar-refractivity contribution in [1.29, 1.82) is 0 Å². The molecule has 1 aromatic rings. The molecule has 2 rings (SSSR count). The van der Waals surface area contributed by atoms with E-state index < -0.39 is 5.41 Å². The third kappa shape index (κ3) is 1.62. The Bertz CT molecular complexity index is 427. The zero-order valence-electron chi connectivity index (χ0n) is 9.43. The summed E-state index contributed by atoms with van der Waals surface area (Å²) in [4.78, 5) is 23.1. The predicted octanol–water partition coefficient (Wildman–Crippen LogP) is 1.54. The molecule has 0 aromatic heterocycles. The lowest BCUT2D eigenvalue weighted by molar-refractivity contribution is -0.128. The van der Waals surface area contributed by atoms with Crippen molar-refractivity contribution < 1.29 is 9.59 Å². The van der Waals surface area contributed by atoms with Gasteiger partial charge in [-0.2, -0.15) is 5.32 Å². The number of nitrogens with zero attached hydrogens (tertiary/aromatic N) is 1. The molecule has 0 N–H and O–H groups in total. The number of rotatable bonds is 2. The van der Waals surface area contributed by atoms with Crippen LogP contribution in [0.1, 0.15) is 19.4 Å². The minimum Gasteiger partial charge on any atom is -0.272 e. The van der Waals surface area contributed by atoms with E-state index in [1.807, 2.05) is 37.3 Å².